The second kappa shape index (κ2) is 8.08. The maximum atomic E-state index is 12.1. The van der Waals surface area contributed by atoms with Crippen molar-refractivity contribution in [2.75, 3.05) is 27.2 Å². The van der Waals surface area contributed by atoms with E-state index in [4.69, 9.17) is 5.73 Å². The molecular weight excluding hydrogens is 266 g/mol. The number of amides is 2. The van der Waals surface area contributed by atoms with Crippen molar-refractivity contribution in [3.63, 3.8) is 0 Å². The molecule has 0 aliphatic heterocycles. The van der Waals surface area contributed by atoms with E-state index in [1.165, 1.54) is 4.90 Å². The first-order valence-electron chi connectivity index (χ1n) is 6.74. The van der Waals surface area contributed by atoms with Crippen molar-refractivity contribution in [1.29, 1.82) is 0 Å². The SMILES string of the molecule is Cc1c(C#CCN)cccc1C(=O)NCCC(=O)N(C)C. The lowest BCUT2D eigenvalue weighted by molar-refractivity contribution is -0.128. The van der Waals surface area contributed by atoms with Gasteiger partial charge in [-0.05, 0) is 24.6 Å². The van der Waals surface area contributed by atoms with Gasteiger partial charge in [0.05, 0.1) is 6.54 Å². The molecule has 0 bridgehead atoms. The second-order valence-electron chi connectivity index (χ2n) is 4.78. The highest BCUT2D eigenvalue weighted by molar-refractivity contribution is 5.96. The van der Waals surface area contributed by atoms with Gasteiger partial charge in [-0.2, -0.15) is 0 Å². The first-order valence-corrected chi connectivity index (χ1v) is 6.74. The predicted octanol–water partition coefficient (Wildman–Crippen LogP) is 0.513. The van der Waals surface area contributed by atoms with Crippen LogP contribution in [0.3, 0.4) is 0 Å². The molecule has 21 heavy (non-hydrogen) atoms. The van der Waals surface area contributed by atoms with Gasteiger partial charge >= 0.3 is 0 Å². The summed E-state index contributed by atoms with van der Waals surface area (Å²) in [6.07, 6.45) is 0.282. The third-order valence-corrected chi connectivity index (χ3v) is 3.03. The molecule has 0 heterocycles. The lowest BCUT2D eigenvalue weighted by atomic mass is 10.0. The van der Waals surface area contributed by atoms with Gasteiger partial charge < -0.3 is 16.0 Å². The number of nitrogens with zero attached hydrogens (tertiary/aromatic N) is 1. The quantitative estimate of drug-likeness (QED) is 0.792. The molecule has 0 aromatic heterocycles. The van der Waals surface area contributed by atoms with Crippen LogP contribution in [0, 0.1) is 18.8 Å². The molecule has 112 valence electrons. The highest BCUT2D eigenvalue weighted by Crippen LogP contribution is 2.12. The minimum absolute atomic E-state index is 0.0189. The molecular formula is C16H21N3O2. The van der Waals surface area contributed by atoms with Crippen molar-refractivity contribution in [2.45, 2.75) is 13.3 Å². The smallest absolute Gasteiger partial charge is 0.251 e. The van der Waals surface area contributed by atoms with E-state index >= 15 is 0 Å². The van der Waals surface area contributed by atoms with E-state index in [0.717, 1.165) is 11.1 Å². The van der Waals surface area contributed by atoms with Gasteiger partial charge in [0.1, 0.15) is 0 Å². The predicted molar refractivity (Wildman–Crippen MR) is 82.8 cm³/mol. The number of rotatable bonds is 4. The van der Waals surface area contributed by atoms with E-state index in [1.54, 1.807) is 26.2 Å². The van der Waals surface area contributed by atoms with Crippen LogP contribution in [-0.4, -0.2) is 43.9 Å². The molecule has 0 unspecified atom stereocenters. The van der Waals surface area contributed by atoms with Gasteiger partial charge in [0.2, 0.25) is 5.91 Å². The Balaban J connectivity index is 2.73. The number of carbonyl (C=O) groups excluding carboxylic acids is 2. The maximum Gasteiger partial charge on any atom is 0.251 e. The number of nitrogens with one attached hydrogen (secondary N) is 1. The molecule has 3 N–H and O–H groups in total. The lowest BCUT2D eigenvalue weighted by Gasteiger charge is -2.11. The molecule has 0 saturated carbocycles. The van der Waals surface area contributed by atoms with Gasteiger partial charge in [-0.3, -0.25) is 9.59 Å². The molecule has 0 fully saturated rings. The average molecular weight is 287 g/mol. The number of hydrogen-bond donors (Lipinski definition) is 2. The standard InChI is InChI=1S/C16H21N3O2/c1-12-13(7-5-10-17)6-4-8-14(12)16(21)18-11-9-15(20)19(2)3/h4,6,8H,9-11,17H2,1-3H3,(H,18,21). The number of benzene rings is 1. The topological polar surface area (TPSA) is 75.4 Å². The molecule has 5 nitrogen and oxygen atoms in total. The van der Waals surface area contributed by atoms with Gasteiger partial charge in [0.25, 0.3) is 5.91 Å². The summed E-state index contributed by atoms with van der Waals surface area (Å²) >= 11 is 0. The van der Waals surface area contributed by atoms with E-state index in [9.17, 15) is 9.59 Å². The zero-order valence-corrected chi connectivity index (χ0v) is 12.7. The summed E-state index contributed by atoms with van der Waals surface area (Å²) in [7, 11) is 3.38. The van der Waals surface area contributed by atoms with Crippen molar-refractivity contribution in [2.24, 2.45) is 5.73 Å². The van der Waals surface area contributed by atoms with Crippen LogP contribution in [-0.2, 0) is 4.79 Å². The molecule has 0 saturated heterocycles. The Hall–Kier alpha value is -2.32. The van der Waals surface area contributed by atoms with Crippen molar-refractivity contribution in [1.82, 2.24) is 10.2 Å². The van der Waals surface area contributed by atoms with Crippen LogP contribution in [0.4, 0.5) is 0 Å². The summed E-state index contributed by atoms with van der Waals surface area (Å²) in [6, 6.07) is 5.38. The van der Waals surface area contributed by atoms with Crippen molar-refractivity contribution in [3.05, 3.63) is 34.9 Å². The van der Waals surface area contributed by atoms with Gasteiger partial charge in [-0.25, -0.2) is 0 Å². The lowest BCUT2D eigenvalue weighted by Crippen LogP contribution is -2.30. The van der Waals surface area contributed by atoms with Crippen LogP contribution in [0.5, 0.6) is 0 Å². The summed E-state index contributed by atoms with van der Waals surface area (Å²) in [5, 5.41) is 2.75. The van der Waals surface area contributed by atoms with Gasteiger partial charge in [0, 0.05) is 38.2 Å². The Kier molecular flexibility index (Phi) is 6.44. The van der Waals surface area contributed by atoms with Crippen LogP contribution >= 0.6 is 0 Å². The molecule has 1 rings (SSSR count). The van der Waals surface area contributed by atoms with Crippen molar-refractivity contribution >= 4 is 11.8 Å². The normalized spacial score (nSPS) is 9.52. The van der Waals surface area contributed by atoms with Crippen LogP contribution < -0.4 is 11.1 Å². The van der Waals surface area contributed by atoms with E-state index in [2.05, 4.69) is 17.2 Å². The first kappa shape index (κ1) is 16.7. The fourth-order valence-electron chi connectivity index (χ4n) is 1.77. The Morgan fingerprint density at radius 2 is 2.05 bits per heavy atom. The molecule has 0 aliphatic carbocycles. The summed E-state index contributed by atoms with van der Waals surface area (Å²) in [5.41, 5.74) is 7.52. The maximum absolute atomic E-state index is 12.1. The largest absolute Gasteiger partial charge is 0.352 e. The molecule has 0 atom stereocenters. The van der Waals surface area contributed by atoms with E-state index in [1.807, 2.05) is 13.0 Å². The highest BCUT2D eigenvalue weighted by Gasteiger charge is 2.11. The van der Waals surface area contributed by atoms with Crippen LogP contribution in [0.2, 0.25) is 0 Å². The summed E-state index contributed by atoms with van der Waals surface area (Å²) < 4.78 is 0. The van der Waals surface area contributed by atoms with Crippen LogP contribution in [0.25, 0.3) is 0 Å². The second-order valence-corrected chi connectivity index (χ2v) is 4.78. The average Bonchev–Trinajstić information content (AvgIpc) is 2.45. The Morgan fingerprint density at radius 1 is 1.33 bits per heavy atom. The fraction of sp³-hybridized carbons (Fsp3) is 0.375. The molecule has 2 amide bonds. The highest BCUT2D eigenvalue weighted by atomic mass is 16.2. The van der Waals surface area contributed by atoms with Gasteiger partial charge in [-0.15, -0.1) is 0 Å². The molecule has 1 aromatic carbocycles. The molecule has 1 aromatic rings. The van der Waals surface area contributed by atoms with Crippen molar-refractivity contribution in [3.8, 4) is 11.8 Å². The Bertz CT molecular complexity index is 583. The zero-order chi connectivity index (χ0) is 15.8. The van der Waals surface area contributed by atoms with E-state index < -0.39 is 0 Å². The number of hydrogen-bond acceptors (Lipinski definition) is 3. The van der Waals surface area contributed by atoms with Crippen LogP contribution in [0.15, 0.2) is 18.2 Å². The minimum atomic E-state index is -0.199. The number of carbonyl (C=O) groups is 2. The van der Waals surface area contributed by atoms with E-state index in [0.29, 0.717) is 12.1 Å². The Labute approximate surface area is 125 Å². The zero-order valence-electron chi connectivity index (χ0n) is 12.7. The van der Waals surface area contributed by atoms with Gasteiger partial charge in [0.15, 0.2) is 0 Å². The molecule has 0 spiro atoms. The third-order valence-electron chi connectivity index (χ3n) is 3.03. The van der Waals surface area contributed by atoms with E-state index in [-0.39, 0.29) is 24.8 Å². The van der Waals surface area contributed by atoms with Gasteiger partial charge in [-0.1, -0.05) is 17.9 Å². The molecule has 5 heteroatoms. The summed E-state index contributed by atoms with van der Waals surface area (Å²) in [6.45, 7) is 2.44. The van der Waals surface area contributed by atoms with Crippen molar-refractivity contribution < 1.29 is 9.59 Å². The van der Waals surface area contributed by atoms with Crippen LogP contribution in [0.1, 0.15) is 27.9 Å². The molecule has 0 radical (unpaired) electrons. The fourth-order valence-corrected chi connectivity index (χ4v) is 1.77. The summed E-state index contributed by atoms with van der Waals surface area (Å²) in [4.78, 5) is 25.1. The Morgan fingerprint density at radius 3 is 2.67 bits per heavy atom. The summed E-state index contributed by atoms with van der Waals surface area (Å²) in [5.74, 6) is 5.50. The molecule has 0 aliphatic rings. The first-order chi connectivity index (χ1) is 9.97. The minimum Gasteiger partial charge on any atom is -0.352 e. The monoisotopic (exact) mass is 287 g/mol. The number of nitrogens with two attached hydrogens (primary N) is 1. The third kappa shape index (κ3) is 4.93.